The summed E-state index contributed by atoms with van der Waals surface area (Å²) < 4.78 is 0. The molecule has 5 nitrogen and oxygen atoms in total. The quantitative estimate of drug-likeness (QED) is 0.849. The predicted molar refractivity (Wildman–Crippen MR) is 64.3 cm³/mol. The fourth-order valence-corrected chi connectivity index (χ4v) is 1.47. The Hall–Kier alpha value is -2.01. The van der Waals surface area contributed by atoms with E-state index in [0.717, 1.165) is 11.5 Å². The molecule has 0 fully saturated rings. The van der Waals surface area contributed by atoms with E-state index in [-0.39, 0.29) is 6.61 Å². The van der Waals surface area contributed by atoms with E-state index in [4.69, 9.17) is 5.11 Å². The first-order chi connectivity index (χ1) is 8.29. The number of aliphatic hydroxyl groups excluding tert-OH is 1. The van der Waals surface area contributed by atoms with Gasteiger partial charge in [-0.2, -0.15) is 0 Å². The molecule has 2 aromatic heterocycles. The van der Waals surface area contributed by atoms with E-state index < -0.39 is 0 Å². The predicted octanol–water partition coefficient (Wildman–Crippen LogP) is 1.00. The number of anilines is 1. The Morgan fingerprint density at radius 1 is 1.24 bits per heavy atom. The van der Waals surface area contributed by atoms with Gasteiger partial charge < -0.3 is 10.0 Å². The highest BCUT2D eigenvalue weighted by molar-refractivity contribution is 5.35. The van der Waals surface area contributed by atoms with Crippen molar-refractivity contribution in [2.24, 2.45) is 0 Å². The van der Waals surface area contributed by atoms with Gasteiger partial charge in [0.25, 0.3) is 0 Å². The molecule has 0 aliphatic rings. The minimum atomic E-state index is -0.0989. The molecule has 0 aromatic carbocycles. The van der Waals surface area contributed by atoms with Crippen LogP contribution in [0, 0.1) is 0 Å². The monoisotopic (exact) mass is 230 g/mol. The van der Waals surface area contributed by atoms with Gasteiger partial charge in [-0.1, -0.05) is 6.07 Å². The van der Waals surface area contributed by atoms with E-state index in [1.807, 2.05) is 30.1 Å². The number of hydrogen-bond acceptors (Lipinski definition) is 5. The summed E-state index contributed by atoms with van der Waals surface area (Å²) in [6.45, 7) is 0.558. The third-order valence-corrected chi connectivity index (χ3v) is 2.35. The molecule has 0 bridgehead atoms. The Morgan fingerprint density at radius 2 is 2.12 bits per heavy atom. The number of pyridine rings is 1. The number of rotatable bonds is 4. The highest BCUT2D eigenvalue weighted by atomic mass is 16.3. The second-order valence-electron chi connectivity index (χ2n) is 3.70. The molecule has 0 unspecified atom stereocenters. The summed E-state index contributed by atoms with van der Waals surface area (Å²) in [5.41, 5.74) is 1.53. The summed E-state index contributed by atoms with van der Waals surface area (Å²) in [7, 11) is 1.92. The zero-order valence-corrected chi connectivity index (χ0v) is 9.61. The van der Waals surface area contributed by atoms with Crippen LogP contribution in [0.3, 0.4) is 0 Å². The van der Waals surface area contributed by atoms with Crippen LogP contribution in [-0.4, -0.2) is 27.1 Å². The number of nitrogens with zero attached hydrogens (tertiary/aromatic N) is 4. The molecule has 88 valence electrons. The molecule has 0 saturated carbocycles. The van der Waals surface area contributed by atoms with E-state index in [2.05, 4.69) is 15.0 Å². The summed E-state index contributed by atoms with van der Waals surface area (Å²) in [6.07, 6.45) is 4.99. The van der Waals surface area contributed by atoms with Crippen molar-refractivity contribution in [3.05, 3.63) is 48.2 Å². The van der Waals surface area contributed by atoms with Crippen LogP contribution < -0.4 is 4.90 Å². The SMILES string of the molecule is CN(Cc1ccccn1)c1cncc(CO)n1. The summed E-state index contributed by atoms with van der Waals surface area (Å²) in [5.74, 6) is 0.724. The maximum atomic E-state index is 9.00. The second-order valence-corrected chi connectivity index (χ2v) is 3.70. The summed E-state index contributed by atoms with van der Waals surface area (Å²) in [4.78, 5) is 14.5. The molecule has 2 aromatic rings. The molecule has 0 saturated heterocycles. The van der Waals surface area contributed by atoms with Gasteiger partial charge in [0.05, 0.1) is 36.9 Å². The van der Waals surface area contributed by atoms with E-state index in [9.17, 15) is 0 Å². The van der Waals surface area contributed by atoms with E-state index >= 15 is 0 Å². The topological polar surface area (TPSA) is 62.1 Å². The van der Waals surface area contributed by atoms with Crippen LogP contribution in [0.1, 0.15) is 11.4 Å². The Labute approximate surface area is 99.8 Å². The van der Waals surface area contributed by atoms with E-state index in [1.54, 1.807) is 18.6 Å². The average molecular weight is 230 g/mol. The zero-order chi connectivity index (χ0) is 12.1. The van der Waals surface area contributed by atoms with E-state index in [0.29, 0.717) is 12.2 Å². The van der Waals surface area contributed by atoms with Gasteiger partial charge in [-0.05, 0) is 12.1 Å². The molecular weight excluding hydrogens is 216 g/mol. The number of aromatic nitrogens is 3. The smallest absolute Gasteiger partial charge is 0.147 e. The fourth-order valence-electron chi connectivity index (χ4n) is 1.47. The van der Waals surface area contributed by atoms with Gasteiger partial charge in [-0.3, -0.25) is 9.97 Å². The molecule has 17 heavy (non-hydrogen) atoms. The minimum absolute atomic E-state index is 0.0989. The molecule has 1 N–H and O–H groups in total. The standard InChI is InChI=1S/C12H14N4O/c1-16(8-10-4-2-3-5-14-10)12-7-13-6-11(9-17)15-12/h2-7,17H,8-9H2,1H3. The van der Waals surface area contributed by atoms with Crippen molar-refractivity contribution in [1.29, 1.82) is 0 Å². The summed E-state index contributed by atoms with van der Waals surface area (Å²) >= 11 is 0. The maximum absolute atomic E-state index is 9.00. The molecule has 2 heterocycles. The zero-order valence-electron chi connectivity index (χ0n) is 9.61. The first-order valence-electron chi connectivity index (χ1n) is 5.32. The number of aliphatic hydroxyl groups is 1. The van der Waals surface area contributed by atoms with Crippen LogP contribution in [0.25, 0.3) is 0 Å². The lowest BCUT2D eigenvalue weighted by molar-refractivity contribution is 0.276. The van der Waals surface area contributed by atoms with Crippen molar-refractivity contribution in [1.82, 2.24) is 15.0 Å². The van der Waals surface area contributed by atoms with Gasteiger partial charge in [-0.25, -0.2) is 4.98 Å². The van der Waals surface area contributed by atoms with Crippen molar-refractivity contribution in [3.63, 3.8) is 0 Å². The highest BCUT2D eigenvalue weighted by Gasteiger charge is 2.05. The van der Waals surface area contributed by atoms with Crippen molar-refractivity contribution < 1.29 is 5.11 Å². The fraction of sp³-hybridized carbons (Fsp3) is 0.250. The Bertz CT molecular complexity index is 475. The lowest BCUT2D eigenvalue weighted by Crippen LogP contribution is -2.19. The van der Waals surface area contributed by atoms with Crippen molar-refractivity contribution in [2.75, 3.05) is 11.9 Å². The van der Waals surface area contributed by atoms with Gasteiger partial charge in [-0.15, -0.1) is 0 Å². The normalized spacial score (nSPS) is 10.2. The molecule has 0 atom stereocenters. The second kappa shape index (κ2) is 5.36. The Morgan fingerprint density at radius 3 is 2.82 bits per heavy atom. The van der Waals surface area contributed by atoms with E-state index in [1.165, 1.54) is 0 Å². The maximum Gasteiger partial charge on any atom is 0.147 e. The van der Waals surface area contributed by atoms with Crippen molar-refractivity contribution >= 4 is 5.82 Å². The Kier molecular flexibility index (Phi) is 3.62. The molecule has 5 heteroatoms. The van der Waals surface area contributed by atoms with Crippen LogP contribution in [0.4, 0.5) is 5.82 Å². The van der Waals surface area contributed by atoms with Gasteiger partial charge in [0.15, 0.2) is 0 Å². The summed E-state index contributed by atoms with van der Waals surface area (Å²) in [6, 6.07) is 5.79. The van der Waals surface area contributed by atoms with Crippen LogP contribution in [0.5, 0.6) is 0 Å². The molecule has 0 spiro atoms. The summed E-state index contributed by atoms with van der Waals surface area (Å²) in [5, 5.41) is 9.00. The number of hydrogen-bond donors (Lipinski definition) is 1. The molecule has 0 radical (unpaired) electrons. The van der Waals surface area contributed by atoms with Crippen LogP contribution in [0.2, 0.25) is 0 Å². The molecular formula is C12H14N4O. The first kappa shape index (κ1) is 11.5. The highest BCUT2D eigenvalue weighted by Crippen LogP contribution is 2.10. The minimum Gasteiger partial charge on any atom is -0.390 e. The lowest BCUT2D eigenvalue weighted by Gasteiger charge is -2.17. The molecule has 0 aliphatic heterocycles. The van der Waals surface area contributed by atoms with Gasteiger partial charge in [0, 0.05) is 13.2 Å². The average Bonchev–Trinajstić information content (AvgIpc) is 2.40. The van der Waals surface area contributed by atoms with Gasteiger partial charge in [0.1, 0.15) is 5.82 Å². The van der Waals surface area contributed by atoms with Gasteiger partial charge >= 0.3 is 0 Å². The van der Waals surface area contributed by atoms with Crippen molar-refractivity contribution in [3.8, 4) is 0 Å². The van der Waals surface area contributed by atoms with Crippen molar-refractivity contribution in [2.45, 2.75) is 13.2 Å². The third kappa shape index (κ3) is 2.98. The van der Waals surface area contributed by atoms with Gasteiger partial charge in [0.2, 0.25) is 0 Å². The van der Waals surface area contributed by atoms with Crippen LogP contribution >= 0.6 is 0 Å². The molecule has 0 amide bonds. The Balaban J connectivity index is 2.11. The molecule has 0 aliphatic carbocycles. The first-order valence-corrected chi connectivity index (χ1v) is 5.32. The lowest BCUT2D eigenvalue weighted by atomic mass is 10.3. The van der Waals surface area contributed by atoms with Crippen LogP contribution in [-0.2, 0) is 13.2 Å². The third-order valence-electron chi connectivity index (χ3n) is 2.35. The largest absolute Gasteiger partial charge is 0.390 e. The van der Waals surface area contributed by atoms with Crippen LogP contribution in [0.15, 0.2) is 36.8 Å². The molecule has 2 rings (SSSR count).